The fraction of sp³-hybridized carbons (Fsp3) is 0.478. The first-order chi connectivity index (χ1) is 14.1. The lowest BCUT2D eigenvalue weighted by atomic mass is 9.87. The molecule has 4 rings (SSSR count). The molecular formula is C23H28N2O3S. The number of hydrogen-bond donors (Lipinski definition) is 1. The molecule has 1 aromatic carbocycles. The van der Waals surface area contributed by atoms with E-state index in [1.165, 1.54) is 16.0 Å². The van der Waals surface area contributed by atoms with E-state index in [1.54, 1.807) is 11.3 Å². The highest BCUT2D eigenvalue weighted by Gasteiger charge is 2.28. The summed E-state index contributed by atoms with van der Waals surface area (Å²) in [5, 5.41) is 3.09. The van der Waals surface area contributed by atoms with Crippen LogP contribution in [0.3, 0.4) is 0 Å². The van der Waals surface area contributed by atoms with Crippen LogP contribution in [0.2, 0.25) is 0 Å². The molecule has 5 nitrogen and oxygen atoms in total. The molecule has 2 aromatic rings. The monoisotopic (exact) mass is 412 g/mol. The lowest BCUT2D eigenvalue weighted by Gasteiger charge is -2.26. The van der Waals surface area contributed by atoms with Crippen LogP contribution in [0.15, 0.2) is 30.3 Å². The zero-order valence-electron chi connectivity index (χ0n) is 16.9. The third-order valence-electron chi connectivity index (χ3n) is 5.86. The summed E-state index contributed by atoms with van der Waals surface area (Å²) in [6.45, 7) is 5.24. The van der Waals surface area contributed by atoms with Gasteiger partial charge in [0.1, 0.15) is 0 Å². The first-order valence-electron chi connectivity index (χ1n) is 10.5. The number of thiophene rings is 1. The fourth-order valence-electron chi connectivity index (χ4n) is 4.00. The number of morpholine rings is 1. The van der Waals surface area contributed by atoms with Gasteiger partial charge in [-0.15, -0.1) is 11.3 Å². The van der Waals surface area contributed by atoms with Gasteiger partial charge in [0.2, 0.25) is 5.91 Å². The van der Waals surface area contributed by atoms with E-state index in [0.29, 0.717) is 32.8 Å². The van der Waals surface area contributed by atoms with Crippen molar-refractivity contribution in [2.24, 2.45) is 5.92 Å². The number of carbonyl (C=O) groups excluding carboxylic acids is 2. The van der Waals surface area contributed by atoms with Crippen molar-refractivity contribution in [2.45, 2.75) is 39.2 Å². The van der Waals surface area contributed by atoms with Crippen LogP contribution in [0, 0.1) is 5.92 Å². The first-order valence-corrected chi connectivity index (χ1v) is 11.3. The van der Waals surface area contributed by atoms with Gasteiger partial charge in [-0.2, -0.15) is 0 Å². The van der Waals surface area contributed by atoms with Gasteiger partial charge >= 0.3 is 0 Å². The SMILES string of the molecule is CCc1ccc(CNC(=O)[C@@H]2CCc3sc(C(=O)N4CCOCC4)cc3C2)cc1. The summed E-state index contributed by atoms with van der Waals surface area (Å²) in [5.41, 5.74) is 3.60. The van der Waals surface area contributed by atoms with Gasteiger partial charge in [-0.25, -0.2) is 0 Å². The average Bonchev–Trinajstić information content (AvgIpc) is 3.21. The molecular weight excluding hydrogens is 384 g/mol. The van der Waals surface area contributed by atoms with E-state index in [2.05, 4.69) is 36.5 Å². The molecule has 1 atom stereocenters. The van der Waals surface area contributed by atoms with Crippen LogP contribution in [0.4, 0.5) is 0 Å². The van der Waals surface area contributed by atoms with E-state index in [4.69, 9.17) is 4.74 Å². The first kappa shape index (κ1) is 20.1. The second kappa shape index (κ2) is 9.09. The Morgan fingerprint density at radius 2 is 1.90 bits per heavy atom. The second-order valence-electron chi connectivity index (χ2n) is 7.79. The van der Waals surface area contributed by atoms with Crippen LogP contribution >= 0.6 is 11.3 Å². The number of benzene rings is 1. The number of fused-ring (bicyclic) bond motifs is 1. The Hall–Kier alpha value is -2.18. The quantitative estimate of drug-likeness (QED) is 0.820. The molecule has 6 heteroatoms. The lowest BCUT2D eigenvalue weighted by Crippen LogP contribution is -2.40. The summed E-state index contributed by atoms with van der Waals surface area (Å²) in [4.78, 5) is 29.4. The summed E-state index contributed by atoms with van der Waals surface area (Å²) < 4.78 is 5.34. The van der Waals surface area contributed by atoms with Gasteiger partial charge in [-0.3, -0.25) is 9.59 Å². The standard InChI is InChI=1S/C23H28N2O3S/c1-2-16-3-5-17(6-4-16)15-24-22(26)18-7-8-20-19(13-18)14-21(29-20)23(27)25-9-11-28-12-10-25/h3-6,14,18H,2,7-13,15H2,1H3,(H,24,26)/t18-/m1/s1. The number of nitrogens with one attached hydrogen (secondary N) is 1. The number of nitrogens with zero attached hydrogens (tertiary/aromatic N) is 1. The predicted octanol–water partition coefficient (Wildman–Crippen LogP) is 3.20. The van der Waals surface area contributed by atoms with E-state index < -0.39 is 0 Å². The van der Waals surface area contributed by atoms with Crippen molar-refractivity contribution >= 4 is 23.2 Å². The Bertz CT molecular complexity index is 869. The van der Waals surface area contributed by atoms with Crippen LogP contribution in [-0.4, -0.2) is 43.0 Å². The van der Waals surface area contributed by atoms with Gasteiger partial charge in [-0.1, -0.05) is 31.2 Å². The molecule has 0 bridgehead atoms. The minimum absolute atomic E-state index is 0.0154. The van der Waals surface area contributed by atoms with Crippen molar-refractivity contribution in [3.05, 3.63) is 56.8 Å². The Labute approximate surface area is 176 Å². The van der Waals surface area contributed by atoms with Crippen LogP contribution < -0.4 is 5.32 Å². The minimum Gasteiger partial charge on any atom is -0.378 e. The number of rotatable bonds is 5. The van der Waals surface area contributed by atoms with E-state index >= 15 is 0 Å². The minimum atomic E-state index is -0.0154. The van der Waals surface area contributed by atoms with Crippen molar-refractivity contribution < 1.29 is 14.3 Å². The Morgan fingerprint density at radius 1 is 1.17 bits per heavy atom. The van der Waals surface area contributed by atoms with Crippen molar-refractivity contribution in [3.8, 4) is 0 Å². The van der Waals surface area contributed by atoms with Crippen molar-refractivity contribution in [1.82, 2.24) is 10.2 Å². The zero-order chi connectivity index (χ0) is 20.2. The topological polar surface area (TPSA) is 58.6 Å². The molecule has 0 unspecified atom stereocenters. The molecule has 29 heavy (non-hydrogen) atoms. The molecule has 2 heterocycles. The smallest absolute Gasteiger partial charge is 0.264 e. The largest absolute Gasteiger partial charge is 0.378 e. The van der Waals surface area contributed by atoms with Crippen LogP contribution in [0.25, 0.3) is 0 Å². The lowest BCUT2D eigenvalue weighted by molar-refractivity contribution is -0.125. The average molecular weight is 413 g/mol. The maximum Gasteiger partial charge on any atom is 0.264 e. The van der Waals surface area contributed by atoms with E-state index in [-0.39, 0.29) is 17.7 Å². The molecule has 1 aromatic heterocycles. The molecule has 154 valence electrons. The third-order valence-corrected chi connectivity index (χ3v) is 7.09. The summed E-state index contributed by atoms with van der Waals surface area (Å²) in [6, 6.07) is 10.4. The van der Waals surface area contributed by atoms with Crippen LogP contribution in [-0.2, 0) is 35.3 Å². The number of amides is 2. The predicted molar refractivity (Wildman–Crippen MR) is 114 cm³/mol. The zero-order valence-corrected chi connectivity index (χ0v) is 17.7. The van der Waals surface area contributed by atoms with E-state index in [1.807, 2.05) is 11.0 Å². The molecule has 0 radical (unpaired) electrons. The molecule has 1 N–H and O–H groups in total. The molecule has 1 aliphatic heterocycles. The molecule has 0 spiro atoms. The van der Waals surface area contributed by atoms with E-state index in [0.717, 1.165) is 36.1 Å². The normalized spacial score (nSPS) is 18.9. The van der Waals surface area contributed by atoms with Crippen molar-refractivity contribution in [1.29, 1.82) is 0 Å². The molecule has 2 amide bonds. The molecule has 1 aliphatic carbocycles. The van der Waals surface area contributed by atoms with Crippen LogP contribution in [0.1, 0.15) is 44.6 Å². The van der Waals surface area contributed by atoms with Gasteiger partial charge in [-0.05, 0) is 48.4 Å². The number of carbonyl (C=O) groups is 2. The second-order valence-corrected chi connectivity index (χ2v) is 8.93. The Kier molecular flexibility index (Phi) is 6.31. The van der Waals surface area contributed by atoms with Crippen molar-refractivity contribution in [3.63, 3.8) is 0 Å². The third kappa shape index (κ3) is 4.70. The number of hydrogen-bond acceptors (Lipinski definition) is 4. The molecule has 1 fully saturated rings. The van der Waals surface area contributed by atoms with Gasteiger partial charge < -0.3 is 15.0 Å². The molecule has 1 saturated heterocycles. The fourth-order valence-corrected chi connectivity index (χ4v) is 5.18. The summed E-state index contributed by atoms with van der Waals surface area (Å²) in [6.07, 6.45) is 3.47. The van der Waals surface area contributed by atoms with Gasteiger partial charge in [0.15, 0.2) is 0 Å². The summed E-state index contributed by atoms with van der Waals surface area (Å²) >= 11 is 1.60. The number of aryl methyl sites for hydroxylation is 2. The summed E-state index contributed by atoms with van der Waals surface area (Å²) in [7, 11) is 0. The van der Waals surface area contributed by atoms with E-state index in [9.17, 15) is 9.59 Å². The van der Waals surface area contributed by atoms with Gasteiger partial charge in [0.05, 0.1) is 18.1 Å². The molecule has 2 aliphatic rings. The Balaban J connectivity index is 1.34. The van der Waals surface area contributed by atoms with Gasteiger partial charge in [0.25, 0.3) is 5.91 Å². The maximum absolute atomic E-state index is 12.7. The number of ether oxygens (including phenoxy) is 1. The maximum atomic E-state index is 12.7. The molecule has 0 saturated carbocycles. The highest BCUT2D eigenvalue weighted by atomic mass is 32.1. The van der Waals surface area contributed by atoms with Crippen LogP contribution in [0.5, 0.6) is 0 Å². The van der Waals surface area contributed by atoms with Crippen molar-refractivity contribution in [2.75, 3.05) is 26.3 Å². The summed E-state index contributed by atoms with van der Waals surface area (Å²) in [5.74, 6) is 0.199. The highest BCUT2D eigenvalue weighted by molar-refractivity contribution is 7.14. The highest BCUT2D eigenvalue weighted by Crippen LogP contribution is 2.33. The Morgan fingerprint density at radius 3 is 2.62 bits per heavy atom. The van der Waals surface area contributed by atoms with Gasteiger partial charge in [0, 0.05) is 30.4 Å².